The Balaban J connectivity index is 2.21. The van der Waals surface area contributed by atoms with Gasteiger partial charge in [0.25, 0.3) is 0 Å². The summed E-state index contributed by atoms with van der Waals surface area (Å²) in [7, 11) is 0. The highest BCUT2D eigenvalue weighted by molar-refractivity contribution is 5.49. The van der Waals surface area contributed by atoms with E-state index in [9.17, 15) is 4.79 Å². The first-order valence-electron chi connectivity index (χ1n) is 4.53. The zero-order chi connectivity index (χ0) is 9.10. The summed E-state index contributed by atoms with van der Waals surface area (Å²) in [4.78, 5) is 16.5. The maximum Gasteiger partial charge on any atom is 0.210 e. The molecular formula is C10H12N2O. The predicted molar refractivity (Wildman–Crippen MR) is 49.0 cm³/mol. The fourth-order valence-corrected chi connectivity index (χ4v) is 1.86. The van der Waals surface area contributed by atoms with E-state index in [1.807, 2.05) is 17.0 Å². The van der Waals surface area contributed by atoms with Crippen molar-refractivity contribution in [3.05, 3.63) is 30.1 Å². The summed E-state index contributed by atoms with van der Waals surface area (Å²) in [5, 5.41) is 0. The van der Waals surface area contributed by atoms with E-state index in [4.69, 9.17) is 0 Å². The second-order valence-electron chi connectivity index (χ2n) is 3.28. The van der Waals surface area contributed by atoms with Gasteiger partial charge in [-0.2, -0.15) is 0 Å². The number of carbonyl (C=O) groups is 1. The lowest BCUT2D eigenvalue weighted by molar-refractivity contribution is -0.118. The molecule has 3 nitrogen and oxygen atoms in total. The number of likely N-dealkylation sites (tertiary alicyclic amines) is 1. The fourth-order valence-electron chi connectivity index (χ4n) is 1.86. The van der Waals surface area contributed by atoms with E-state index < -0.39 is 0 Å². The molecule has 0 aromatic carbocycles. The molecule has 1 aliphatic rings. The van der Waals surface area contributed by atoms with Gasteiger partial charge in [-0.15, -0.1) is 0 Å². The third-order valence-electron chi connectivity index (χ3n) is 2.52. The van der Waals surface area contributed by atoms with Crippen LogP contribution in [0, 0.1) is 0 Å². The van der Waals surface area contributed by atoms with E-state index in [1.54, 1.807) is 12.4 Å². The summed E-state index contributed by atoms with van der Waals surface area (Å²) in [6.07, 6.45) is 6.67. The minimum atomic E-state index is 0.278. The summed E-state index contributed by atoms with van der Waals surface area (Å²) in [6.45, 7) is 0.885. The average Bonchev–Trinajstić information content (AvgIpc) is 2.67. The lowest BCUT2D eigenvalue weighted by atomic mass is 10.1. The number of pyridine rings is 1. The molecule has 1 atom stereocenters. The molecule has 0 aliphatic carbocycles. The van der Waals surface area contributed by atoms with Crippen molar-refractivity contribution >= 4 is 6.41 Å². The first kappa shape index (κ1) is 8.23. The summed E-state index contributed by atoms with van der Waals surface area (Å²) < 4.78 is 0. The van der Waals surface area contributed by atoms with E-state index in [0.29, 0.717) is 0 Å². The molecule has 68 valence electrons. The Hall–Kier alpha value is -1.38. The van der Waals surface area contributed by atoms with Crippen molar-refractivity contribution < 1.29 is 4.79 Å². The summed E-state index contributed by atoms with van der Waals surface area (Å²) in [5.41, 5.74) is 1.19. The van der Waals surface area contributed by atoms with Crippen LogP contribution in [0.2, 0.25) is 0 Å². The Morgan fingerprint density at radius 2 is 2.23 bits per heavy atom. The van der Waals surface area contributed by atoms with Crippen molar-refractivity contribution in [1.29, 1.82) is 0 Å². The van der Waals surface area contributed by atoms with Gasteiger partial charge in [0, 0.05) is 18.9 Å². The summed E-state index contributed by atoms with van der Waals surface area (Å²) in [5.74, 6) is 0. The van der Waals surface area contributed by atoms with Gasteiger partial charge in [0.1, 0.15) is 0 Å². The van der Waals surface area contributed by atoms with Crippen LogP contribution in [-0.4, -0.2) is 22.8 Å². The lowest BCUT2D eigenvalue weighted by Crippen LogP contribution is -2.20. The molecule has 0 saturated carbocycles. The molecule has 1 unspecified atom stereocenters. The van der Waals surface area contributed by atoms with Crippen LogP contribution in [0.1, 0.15) is 24.4 Å². The molecule has 1 amide bonds. The van der Waals surface area contributed by atoms with Gasteiger partial charge in [0.15, 0.2) is 0 Å². The van der Waals surface area contributed by atoms with Crippen molar-refractivity contribution in [2.24, 2.45) is 0 Å². The molecule has 3 heteroatoms. The fraction of sp³-hybridized carbons (Fsp3) is 0.400. The Bertz CT molecular complexity index is 286. The molecule has 0 spiro atoms. The Kier molecular flexibility index (Phi) is 2.25. The minimum absolute atomic E-state index is 0.278. The molecule has 1 aromatic heterocycles. The van der Waals surface area contributed by atoms with Crippen LogP contribution in [0.15, 0.2) is 24.5 Å². The van der Waals surface area contributed by atoms with Gasteiger partial charge in [-0.1, -0.05) is 0 Å². The van der Waals surface area contributed by atoms with Gasteiger partial charge >= 0.3 is 0 Å². The molecule has 1 saturated heterocycles. The van der Waals surface area contributed by atoms with Crippen molar-refractivity contribution in [3.8, 4) is 0 Å². The van der Waals surface area contributed by atoms with Gasteiger partial charge < -0.3 is 4.90 Å². The molecular weight excluding hydrogens is 164 g/mol. The monoisotopic (exact) mass is 176 g/mol. The summed E-state index contributed by atoms with van der Waals surface area (Å²) >= 11 is 0. The Morgan fingerprint density at radius 3 is 2.92 bits per heavy atom. The molecule has 0 radical (unpaired) electrons. The van der Waals surface area contributed by atoms with E-state index in [2.05, 4.69) is 4.98 Å². The maximum atomic E-state index is 10.7. The lowest BCUT2D eigenvalue weighted by Gasteiger charge is -2.19. The molecule has 13 heavy (non-hydrogen) atoms. The zero-order valence-electron chi connectivity index (χ0n) is 7.39. The van der Waals surface area contributed by atoms with Crippen LogP contribution in [0.5, 0.6) is 0 Å². The van der Waals surface area contributed by atoms with Gasteiger partial charge in [0.05, 0.1) is 6.04 Å². The zero-order valence-corrected chi connectivity index (χ0v) is 7.39. The van der Waals surface area contributed by atoms with Crippen LogP contribution in [0.25, 0.3) is 0 Å². The standard InChI is InChI=1S/C10H12N2O/c13-8-12-7-1-2-10(12)9-3-5-11-6-4-9/h3-6,8,10H,1-2,7H2. The molecule has 2 rings (SSSR count). The molecule has 1 aromatic rings. The van der Waals surface area contributed by atoms with Crippen LogP contribution < -0.4 is 0 Å². The quantitative estimate of drug-likeness (QED) is 0.638. The van der Waals surface area contributed by atoms with Crippen molar-refractivity contribution in [1.82, 2.24) is 9.88 Å². The normalized spacial score (nSPS) is 21.8. The van der Waals surface area contributed by atoms with Gasteiger partial charge in [-0.25, -0.2) is 0 Å². The van der Waals surface area contributed by atoms with Crippen molar-refractivity contribution in [2.75, 3.05) is 6.54 Å². The van der Waals surface area contributed by atoms with Crippen LogP contribution in [0.4, 0.5) is 0 Å². The second kappa shape index (κ2) is 3.56. The maximum absolute atomic E-state index is 10.7. The Morgan fingerprint density at radius 1 is 1.46 bits per heavy atom. The van der Waals surface area contributed by atoms with Crippen molar-refractivity contribution in [3.63, 3.8) is 0 Å². The summed E-state index contributed by atoms with van der Waals surface area (Å²) in [6, 6.07) is 4.24. The number of rotatable bonds is 2. The second-order valence-corrected chi connectivity index (χ2v) is 3.28. The largest absolute Gasteiger partial charge is 0.338 e. The van der Waals surface area contributed by atoms with Crippen molar-refractivity contribution in [2.45, 2.75) is 18.9 Å². The predicted octanol–water partition coefficient (Wildman–Crippen LogP) is 1.37. The number of aromatic nitrogens is 1. The molecule has 0 bridgehead atoms. The first-order valence-corrected chi connectivity index (χ1v) is 4.53. The molecule has 1 fully saturated rings. The Labute approximate surface area is 77.4 Å². The van der Waals surface area contributed by atoms with Gasteiger partial charge in [0.2, 0.25) is 6.41 Å². The average molecular weight is 176 g/mol. The van der Waals surface area contributed by atoms with E-state index in [0.717, 1.165) is 25.8 Å². The number of hydrogen-bond donors (Lipinski definition) is 0. The highest BCUT2D eigenvalue weighted by Crippen LogP contribution is 2.29. The van der Waals surface area contributed by atoms with Gasteiger partial charge in [-0.05, 0) is 30.5 Å². The smallest absolute Gasteiger partial charge is 0.210 e. The van der Waals surface area contributed by atoms with E-state index in [1.165, 1.54) is 5.56 Å². The third-order valence-corrected chi connectivity index (χ3v) is 2.52. The number of nitrogens with zero attached hydrogens (tertiary/aromatic N) is 2. The number of carbonyl (C=O) groups excluding carboxylic acids is 1. The van der Waals surface area contributed by atoms with Crippen LogP contribution >= 0.6 is 0 Å². The van der Waals surface area contributed by atoms with Crippen LogP contribution in [-0.2, 0) is 4.79 Å². The molecule has 1 aliphatic heterocycles. The SMILES string of the molecule is O=CN1CCCC1c1ccncc1. The number of amides is 1. The van der Waals surface area contributed by atoms with Gasteiger partial charge in [-0.3, -0.25) is 9.78 Å². The molecule has 0 N–H and O–H groups in total. The highest BCUT2D eigenvalue weighted by Gasteiger charge is 2.23. The first-order chi connectivity index (χ1) is 6.42. The number of hydrogen-bond acceptors (Lipinski definition) is 2. The topological polar surface area (TPSA) is 33.2 Å². The highest BCUT2D eigenvalue weighted by atomic mass is 16.1. The minimum Gasteiger partial charge on any atom is -0.338 e. The third kappa shape index (κ3) is 1.54. The van der Waals surface area contributed by atoms with Crippen LogP contribution in [0.3, 0.4) is 0 Å². The molecule has 2 heterocycles. The van der Waals surface area contributed by atoms with E-state index >= 15 is 0 Å². The van der Waals surface area contributed by atoms with E-state index in [-0.39, 0.29) is 6.04 Å².